The summed E-state index contributed by atoms with van der Waals surface area (Å²) in [7, 11) is 10.7. The highest BCUT2D eigenvalue weighted by atomic mass is 79.9. The lowest BCUT2D eigenvalue weighted by atomic mass is 10.0. The normalized spacial score (nSPS) is 12.1. The number of anilines is 2. The third-order valence-corrected chi connectivity index (χ3v) is 6.99. The smallest absolute Gasteiger partial charge is 0.253 e. The molecule has 0 saturated heterocycles. The SMILES string of the molecule is Br.CNC(=O)c1cc2c(cc1N(C)C)CN(CC(=O)c1cc(-c3nccs3)c(OC)c(N(C)C)c1)C2=N. The van der Waals surface area contributed by atoms with E-state index in [9.17, 15) is 9.59 Å². The Hall–Kier alpha value is -3.44. The number of hydrogen-bond donors (Lipinski definition) is 2. The number of carbonyl (C=O) groups excluding carboxylic acids is 2. The van der Waals surface area contributed by atoms with Crippen LogP contribution in [0.4, 0.5) is 11.4 Å². The number of hydrogen-bond acceptors (Lipinski definition) is 8. The Kier molecular flexibility index (Phi) is 8.60. The molecule has 3 aromatic rings. The molecule has 0 spiro atoms. The van der Waals surface area contributed by atoms with Gasteiger partial charge in [-0.1, -0.05) is 0 Å². The lowest BCUT2D eigenvalue weighted by Crippen LogP contribution is -2.30. The highest BCUT2D eigenvalue weighted by Crippen LogP contribution is 2.40. The molecular formula is C26H31BrN6O3S. The summed E-state index contributed by atoms with van der Waals surface area (Å²) in [5, 5.41) is 14.1. The second-order valence-corrected chi connectivity index (χ2v) is 9.83. The standard InChI is InChI=1S/C26H30N6O3S.BrH/c1-28-25(34)18-12-17-16(11-20(18)30(2)3)13-32(24(17)27)14-22(33)15-9-19(26-29-7-8-36-26)23(35-6)21(10-15)31(4)5;/h7-12,27H,13-14H2,1-6H3,(H,28,34);1H. The molecule has 2 aromatic carbocycles. The van der Waals surface area contributed by atoms with Gasteiger partial charge in [-0.3, -0.25) is 15.0 Å². The number of aromatic nitrogens is 1. The molecule has 2 N–H and O–H groups in total. The van der Waals surface area contributed by atoms with Gasteiger partial charge in [0.15, 0.2) is 11.5 Å². The third kappa shape index (κ3) is 5.33. The van der Waals surface area contributed by atoms with E-state index in [1.807, 2.05) is 61.6 Å². The Morgan fingerprint density at radius 1 is 1.11 bits per heavy atom. The number of carbonyl (C=O) groups is 2. The van der Waals surface area contributed by atoms with Gasteiger partial charge in [-0.15, -0.1) is 28.3 Å². The number of methoxy groups -OCH3 is 1. The molecule has 11 heteroatoms. The number of Topliss-reactive ketones (excluding diaryl/α,β-unsaturated/α-hetero) is 1. The number of nitrogens with one attached hydrogen (secondary N) is 2. The van der Waals surface area contributed by atoms with Crippen molar-refractivity contribution in [3.63, 3.8) is 0 Å². The molecule has 4 rings (SSSR count). The van der Waals surface area contributed by atoms with Crippen molar-refractivity contribution in [2.45, 2.75) is 6.54 Å². The van der Waals surface area contributed by atoms with Gasteiger partial charge in [-0.2, -0.15) is 0 Å². The van der Waals surface area contributed by atoms with Crippen LogP contribution < -0.4 is 19.9 Å². The van der Waals surface area contributed by atoms with Crippen molar-refractivity contribution in [2.24, 2.45) is 0 Å². The second-order valence-electron chi connectivity index (χ2n) is 8.94. The van der Waals surface area contributed by atoms with Crippen LogP contribution in [0.3, 0.4) is 0 Å². The van der Waals surface area contributed by atoms with E-state index in [1.54, 1.807) is 31.3 Å². The summed E-state index contributed by atoms with van der Waals surface area (Å²) in [5.41, 5.74) is 4.90. The third-order valence-electron chi connectivity index (χ3n) is 6.18. The highest BCUT2D eigenvalue weighted by molar-refractivity contribution is 8.93. The van der Waals surface area contributed by atoms with E-state index in [4.69, 9.17) is 10.1 Å². The van der Waals surface area contributed by atoms with Crippen LogP contribution in [0, 0.1) is 5.41 Å². The molecule has 2 heterocycles. The number of benzene rings is 2. The average Bonchev–Trinajstić information content (AvgIpc) is 3.50. The van der Waals surface area contributed by atoms with Crippen LogP contribution in [-0.2, 0) is 6.54 Å². The fourth-order valence-corrected chi connectivity index (χ4v) is 5.01. The van der Waals surface area contributed by atoms with Crippen LogP contribution in [0.25, 0.3) is 10.6 Å². The van der Waals surface area contributed by atoms with E-state index >= 15 is 0 Å². The number of ketones is 1. The fourth-order valence-electron chi connectivity index (χ4n) is 4.36. The van der Waals surface area contributed by atoms with Crippen LogP contribution in [-0.4, -0.2) is 76.3 Å². The largest absolute Gasteiger partial charge is 0.494 e. The molecule has 0 atom stereocenters. The molecule has 0 unspecified atom stereocenters. The van der Waals surface area contributed by atoms with Crippen molar-refractivity contribution in [2.75, 3.05) is 58.7 Å². The number of nitrogens with zero attached hydrogens (tertiary/aromatic N) is 4. The number of amides is 1. The quantitative estimate of drug-likeness (QED) is 0.386. The molecule has 1 amide bonds. The molecule has 1 aliphatic rings. The highest BCUT2D eigenvalue weighted by Gasteiger charge is 2.30. The molecule has 0 saturated carbocycles. The zero-order chi connectivity index (χ0) is 26.1. The van der Waals surface area contributed by atoms with E-state index in [0.29, 0.717) is 29.0 Å². The lowest BCUT2D eigenvalue weighted by molar-refractivity contribution is 0.0955. The average molecular weight is 588 g/mol. The monoisotopic (exact) mass is 586 g/mol. The van der Waals surface area contributed by atoms with Crippen molar-refractivity contribution in [1.29, 1.82) is 5.41 Å². The number of fused-ring (bicyclic) bond motifs is 1. The summed E-state index contributed by atoms with van der Waals surface area (Å²) in [4.78, 5) is 35.9. The van der Waals surface area contributed by atoms with Gasteiger partial charge in [-0.05, 0) is 29.8 Å². The van der Waals surface area contributed by atoms with Crippen molar-refractivity contribution in [1.82, 2.24) is 15.2 Å². The Morgan fingerprint density at radius 3 is 2.38 bits per heavy atom. The van der Waals surface area contributed by atoms with Crippen LogP contribution in [0.5, 0.6) is 5.75 Å². The molecule has 9 nitrogen and oxygen atoms in total. The number of thiazole rings is 1. The molecule has 1 aliphatic heterocycles. The Morgan fingerprint density at radius 2 is 1.81 bits per heavy atom. The molecule has 1 aromatic heterocycles. The van der Waals surface area contributed by atoms with E-state index in [1.165, 1.54) is 11.3 Å². The molecular weight excluding hydrogens is 556 g/mol. The first-order chi connectivity index (χ1) is 17.2. The van der Waals surface area contributed by atoms with Crippen LogP contribution in [0.2, 0.25) is 0 Å². The summed E-state index contributed by atoms with van der Waals surface area (Å²) in [6.45, 7) is 0.460. The topological polar surface area (TPSA) is 102 Å². The first kappa shape index (κ1) is 28.1. The summed E-state index contributed by atoms with van der Waals surface area (Å²) in [6, 6.07) is 7.30. The second kappa shape index (κ2) is 11.3. The number of amidine groups is 1. The Balaban J connectivity index is 0.00000380. The zero-order valence-corrected chi connectivity index (χ0v) is 24.2. The van der Waals surface area contributed by atoms with Crippen molar-refractivity contribution < 1.29 is 14.3 Å². The fraction of sp³-hybridized carbons (Fsp3) is 0.308. The Bertz CT molecular complexity index is 1340. The minimum absolute atomic E-state index is 0. The predicted octanol–water partition coefficient (Wildman–Crippen LogP) is 3.91. The molecule has 0 radical (unpaired) electrons. The van der Waals surface area contributed by atoms with E-state index in [0.717, 1.165) is 27.5 Å². The van der Waals surface area contributed by atoms with Crippen molar-refractivity contribution in [3.8, 4) is 16.3 Å². The van der Waals surface area contributed by atoms with Gasteiger partial charge in [0, 0.05) is 70.2 Å². The maximum Gasteiger partial charge on any atom is 0.253 e. The van der Waals surface area contributed by atoms with Gasteiger partial charge in [-0.25, -0.2) is 4.98 Å². The van der Waals surface area contributed by atoms with Crippen LogP contribution >= 0.6 is 28.3 Å². The van der Waals surface area contributed by atoms with Crippen molar-refractivity contribution in [3.05, 3.63) is 58.1 Å². The Labute approximate surface area is 231 Å². The molecule has 0 aliphatic carbocycles. The maximum absolute atomic E-state index is 13.5. The molecule has 196 valence electrons. The van der Waals surface area contributed by atoms with E-state index in [2.05, 4.69) is 10.3 Å². The molecule has 0 bridgehead atoms. The lowest BCUT2D eigenvalue weighted by Gasteiger charge is -2.21. The zero-order valence-electron chi connectivity index (χ0n) is 21.7. The number of rotatable bonds is 8. The van der Waals surface area contributed by atoms with Gasteiger partial charge in [0.1, 0.15) is 10.8 Å². The molecule has 37 heavy (non-hydrogen) atoms. The van der Waals surface area contributed by atoms with E-state index in [-0.39, 0.29) is 41.1 Å². The predicted molar refractivity (Wildman–Crippen MR) is 154 cm³/mol. The van der Waals surface area contributed by atoms with Gasteiger partial charge in [0.2, 0.25) is 0 Å². The van der Waals surface area contributed by atoms with E-state index < -0.39 is 0 Å². The summed E-state index contributed by atoms with van der Waals surface area (Å²) >= 11 is 1.48. The first-order valence-corrected chi connectivity index (χ1v) is 12.3. The summed E-state index contributed by atoms with van der Waals surface area (Å²) < 4.78 is 5.69. The molecule has 0 fully saturated rings. The van der Waals surface area contributed by atoms with Gasteiger partial charge >= 0.3 is 0 Å². The maximum atomic E-state index is 13.5. The van der Waals surface area contributed by atoms with Gasteiger partial charge in [0.25, 0.3) is 5.91 Å². The minimum atomic E-state index is -0.215. The van der Waals surface area contributed by atoms with Gasteiger partial charge < -0.3 is 24.8 Å². The van der Waals surface area contributed by atoms with Crippen LogP contribution in [0.1, 0.15) is 31.8 Å². The van der Waals surface area contributed by atoms with Crippen LogP contribution in [0.15, 0.2) is 35.8 Å². The summed E-state index contributed by atoms with van der Waals surface area (Å²) in [6.07, 6.45) is 1.72. The minimum Gasteiger partial charge on any atom is -0.494 e. The first-order valence-electron chi connectivity index (χ1n) is 11.4. The summed E-state index contributed by atoms with van der Waals surface area (Å²) in [5.74, 6) is 0.560. The number of ether oxygens (including phenoxy) is 1. The van der Waals surface area contributed by atoms with Gasteiger partial charge in [0.05, 0.1) is 30.5 Å². The number of halogens is 1. The van der Waals surface area contributed by atoms with Crippen molar-refractivity contribution >= 4 is 57.2 Å².